The Balaban J connectivity index is 1.40. The molecule has 7 nitrogen and oxygen atoms in total. The Morgan fingerprint density at radius 1 is 1.03 bits per heavy atom. The number of rotatable bonds is 7. The van der Waals surface area contributed by atoms with Crippen molar-refractivity contribution in [2.75, 3.05) is 36.5 Å². The van der Waals surface area contributed by atoms with Crippen molar-refractivity contribution in [1.29, 1.82) is 0 Å². The summed E-state index contributed by atoms with van der Waals surface area (Å²) in [5.41, 5.74) is 3.61. The van der Waals surface area contributed by atoms with Gasteiger partial charge in [0, 0.05) is 47.7 Å². The first-order valence-corrected chi connectivity index (χ1v) is 14.6. The molecular formula is C29H29F2N3O4S. The summed E-state index contributed by atoms with van der Waals surface area (Å²) in [5, 5.41) is 2.77. The largest absolute Gasteiger partial charge is 0.358 e. The van der Waals surface area contributed by atoms with Crippen LogP contribution in [-0.2, 0) is 14.6 Å². The highest BCUT2D eigenvalue weighted by atomic mass is 32.2. The molecule has 1 amide bonds. The standard InChI is InChI=1S/C29H29F2N3O4S/c1-17-24(32-18(2)26(17)25(35)10-5-11-34-12-14-39(37,38)15-13-34)16-20-27-19(6-3-9-23(27)33-29(20)36)28-21(30)7-4-8-22(28)31/h3-4,6-9,16,32H,5,10-15H2,1-2H3,(H,33,36)/b20-16-. The van der Waals surface area contributed by atoms with E-state index in [2.05, 4.69) is 15.2 Å². The topological polar surface area (TPSA) is 99.3 Å². The number of hydrogen-bond donors (Lipinski definition) is 2. The van der Waals surface area contributed by atoms with Gasteiger partial charge < -0.3 is 15.2 Å². The molecule has 2 aromatic carbocycles. The minimum atomic E-state index is -2.95. The van der Waals surface area contributed by atoms with E-state index in [1.165, 1.54) is 18.2 Å². The number of ketones is 1. The number of hydrogen-bond acceptors (Lipinski definition) is 5. The minimum absolute atomic E-state index is 0.0408. The van der Waals surface area contributed by atoms with Gasteiger partial charge in [0.15, 0.2) is 15.6 Å². The van der Waals surface area contributed by atoms with E-state index in [4.69, 9.17) is 0 Å². The van der Waals surface area contributed by atoms with Crippen molar-refractivity contribution in [1.82, 2.24) is 9.88 Å². The van der Waals surface area contributed by atoms with Crippen LogP contribution >= 0.6 is 0 Å². The Bertz CT molecular complexity index is 1590. The van der Waals surface area contributed by atoms with Gasteiger partial charge >= 0.3 is 0 Å². The molecule has 0 radical (unpaired) electrons. The molecule has 2 aliphatic heterocycles. The van der Waals surface area contributed by atoms with E-state index in [1.807, 2.05) is 0 Å². The molecule has 0 aliphatic carbocycles. The van der Waals surface area contributed by atoms with Gasteiger partial charge in [-0.15, -0.1) is 0 Å². The Kier molecular flexibility index (Phi) is 7.26. The normalized spacial score (nSPS) is 17.8. The van der Waals surface area contributed by atoms with E-state index in [1.54, 1.807) is 38.1 Å². The van der Waals surface area contributed by atoms with Crippen LogP contribution in [0.25, 0.3) is 22.8 Å². The lowest BCUT2D eigenvalue weighted by molar-refractivity contribution is -0.110. The second kappa shape index (κ2) is 10.5. The first-order chi connectivity index (χ1) is 18.6. The number of H-pyrrole nitrogens is 1. The van der Waals surface area contributed by atoms with Crippen molar-refractivity contribution in [3.63, 3.8) is 0 Å². The fraction of sp³-hybridized carbons (Fsp3) is 0.310. The molecule has 0 unspecified atom stereocenters. The summed E-state index contributed by atoms with van der Waals surface area (Å²) in [6.45, 7) is 5.21. The minimum Gasteiger partial charge on any atom is -0.358 e. The fourth-order valence-corrected chi connectivity index (χ4v) is 6.67. The zero-order chi connectivity index (χ0) is 27.9. The van der Waals surface area contributed by atoms with E-state index in [9.17, 15) is 26.8 Å². The average Bonchev–Trinajstić information content (AvgIpc) is 3.35. The maximum Gasteiger partial charge on any atom is 0.256 e. The predicted octanol–water partition coefficient (Wildman–Crippen LogP) is 4.76. The number of carbonyl (C=O) groups is 2. The SMILES string of the molecule is Cc1[nH]c(/C=C2\C(=O)Nc3cccc(-c4c(F)cccc4F)c32)c(C)c1C(=O)CCCN1CCS(=O)(=O)CC1. The summed E-state index contributed by atoms with van der Waals surface area (Å²) in [4.78, 5) is 31.4. The number of benzene rings is 2. The van der Waals surface area contributed by atoms with E-state index >= 15 is 0 Å². The summed E-state index contributed by atoms with van der Waals surface area (Å²) in [6.07, 6.45) is 2.53. The van der Waals surface area contributed by atoms with Crippen molar-refractivity contribution in [2.45, 2.75) is 26.7 Å². The molecule has 5 rings (SSSR count). The number of Topliss-reactive ketones (excluding diaryl/α,β-unsaturated/α-hetero) is 1. The smallest absolute Gasteiger partial charge is 0.256 e. The van der Waals surface area contributed by atoms with Crippen molar-refractivity contribution < 1.29 is 26.8 Å². The van der Waals surface area contributed by atoms with Crippen LogP contribution in [0.3, 0.4) is 0 Å². The van der Waals surface area contributed by atoms with Crippen LogP contribution in [0.2, 0.25) is 0 Å². The van der Waals surface area contributed by atoms with Crippen LogP contribution in [0, 0.1) is 25.5 Å². The molecule has 0 saturated carbocycles. The lowest BCUT2D eigenvalue weighted by atomic mass is 9.93. The molecule has 3 aromatic rings. The molecule has 1 aromatic heterocycles. The number of nitrogens with zero attached hydrogens (tertiary/aromatic N) is 1. The molecule has 1 fully saturated rings. The van der Waals surface area contributed by atoms with Gasteiger partial charge in [0.25, 0.3) is 5.91 Å². The number of aryl methyl sites for hydroxylation is 1. The van der Waals surface area contributed by atoms with Crippen LogP contribution in [0.5, 0.6) is 0 Å². The maximum atomic E-state index is 14.7. The average molecular weight is 554 g/mol. The van der Waals surface area contributed by atoms with Crippen LogP contribution in [0.15, 0.2) is 36.4 Å². The van der Waals surface area contributed by atoms with Gasteiger partial charge in [-0.25, -0.2) is 17.2 Å². The zero-order valence-electron chi connectivity index (χ0n) is 21.7. The van der Waals surface area contributed by atoms with Gasteiger partial charge in [-0.2, -0.15) is 0 Å². The summed E-state index contributed by atoms with van der Waals surface area (Å²) >= 11 is 0. The highest BCUT2D eigenvalue weighted by molar-refractivity contribution is 7.91. The Morgan fingerprint density at radius 3 is 2.38 bits per heavy atom. The van der Waals surface area contributed by atoms with Gasteiger partial charge in [-0.3, -0.25) is 9.59 Å². The number of aromatic nitrogens is 1. The number of amides is 1. The fourth-order valence-electron chi connectivity index (χ4n) is 5.39. The van der Waals surface area contributed by atoms with Crippen LogP contribution in [0.1, 0.15) is 45.7 Å². The first-order valence-electron chi connectivity index (χ1n) is 12.8. The molecule has 10 heteroatoms. The van der Waals surface area contributed by atoms with E-state index in [0.717, 1.165) is 0 Å². The van der Waals surface area contributed by atoms with Gasteiger partial charge in [0.1, 0.15) is 11.6 Å². The predicted molar refractivity (Wildman–Crippen MR) is 147 cm³/mol. The molecule has 2 aliphatic rings. The first kappa shape index (κ1) is 27.0. The van der Waals surface area contributed by atoms with Crippen molar-refractivity contribution in [3.05, 3.63) is 76.1 Å². The van der Waals surface area contributed by atoms with Gasteiger partial charge in [0.2, 0.25) is 0 Å². The lowest BCUT2D eigenvalue weighted by Crippen LogP contribution is -2.40. The van der Waals surface area contributed by atoms with Crippen molar-refractivity contribution in [2.24, 2.45) is 0 Å². The second-order valence-electron chi connectivity index (χ2n) is 10.0. The molecule has 204 valence electrons. The Morgan fingerprint density at radius 2 is 1.69 bits per heavy atom. The van der Waals surface area contributed by atoms with Crippen molar-refractivity contribution in [3.8, 4) is 11.1 Å². The summed E-state index contributed by atoms with van der Waals surface area (Å²) < 4.78 is 52.6. The van der Waals surface area contributed by atoms with Gasteiger partial charge in [-0.05, 0) is 62.2 Å². The van der Waals surface area contributed by atoms with E-state index < -0.39 is 27.4 Å². The number of sulfone groups is 1. The second-order valence-corrected chi connectivity index (χ2v) is 12.3. The third-order valence-electron chi connectivity index (χ3n) is 7.42. The third-order valence-corrected chi connectivity index (χ3v) is 9.03. The molecule has 0 bridgehead atoms. The number of halogens is 2. The number of carbonyl (C=O) groups excluding carboxylic acids is 2. The van der Waals surface area contributed by atoms with Crippen molar-refractivity contribution >= 4 is 38.9 Å². The van der Waals surface area contributed by atoms with Crippen LogP contribution in [0.4, 0.5) is 14.5 Å². The number of nitrogens with one attached hydrogen (secondary N) is 2. The lowest BCUT2D eigenvalue weighted by Gasteiger charge is -2.26. The Hall–Kier alpha value is -3.63. The number of aromatic amines is 1. The van der Waals surface area contributed by atoms with E-state index in [-0.39, 0.29) is 34.0 Å². The highest BCUT2D eigenvalue weighted by Crippen LogP contribution is 2.42. The number of anilines is 1. The maximum absolute atomic E-state index is 14.7. The quantitative estimate of drug-likeness (QED) is 0.325. The van der Waals surface area contributed by atoms with E-state index in [0.29, 0.717) is 66.2 Å². The molecule has 2 N–H and O–H groups in total. The molecule has 39 heavy (non-hydrogen) atoms. The number of fused-ring (bicyclic) bond motifs is 1. The summed E-state index contributed by atoms with van der Waals surface area (Å²) in [6, 6.07) is 8.53. The molecule has 0 atom stereocenters. The van der Waals surface area contributed by atoms with Gasteiger partial charge in [0.05, 0.1) is 22.6 Å². The van der Waals surface area contributed by atoms with Crippen LogP contribution < -0.4 is 5.32 Å². The molecule has 0 spiro atoms. The Labute approximate surface area is 225 Å². The third kappa shape index (κ3) is 5.31. The molecular weight excluding hydrogens is 524 g/mol. The van der Waals surface area contributed by atoms with Gasteiger partial charge in [-0.1, -0.05) is 18.2 Å². The highest BCUT2D eigenvalue weighted by Gasteiger charge is 2.30. The summed E-state index contributed by atoms with van der Waals surface area (Å²) in [7, 11) is -2.95. The zero-order valence-corrected chi connectivity index (χ0v) is 22.6. The molecule has 3 heterocycles. The summed E-state index contributed by atoms with van der Waals surface area (Å²) in [5.74, 6) is -1.60. The molecule has 1 saturated heterocycles. The monoisotopic (exact) mass is 553 g/mol. The van der Waals surface area contributed by atoms with Crippen LogP contribution in [-0.4, -0.2) is 61.1 Å².